The predicted octanol–water partition coefficient (Wildman–Crippen LogP) is 1.67. The Morgan fingerprint density at radius 2 is 1.48 bits per heavy atom. The third-order valence-corrected chi connectivity index (χ3v) is 6.11. The highest BCUT2D eigenvalue weighted by molar-refractivity contribution is 5.80. The maximum absolute atomic E-state index is 11.9. The van der Waals surface area contributed by atoms with E-state index in [9.17, 15) is 4.79 Å². The molecule has 0 atom stereocenters. The first-order chi connectivity index (χ1) is 15.1. The number of hydrogen-bond donors (Lipinski definition) is 1. The van der Waals surface area contributed by atoms with Gasteiger partial charge in [-0.2, -0.15) is 0 Å². The van der Waals surface area contributed by atoms with Gasteiger partial charge in [0.15, 0.2) is 5.96 Å². The van der Waals surface area contributed by atoms with Crippen LogP contribution in [-0.2, 0) is 17.8 Å². The van der Waals surface area contributed by atoms with Crippen LogP contribution in [0.5, 0.6) is 0 Å². The lowest BCUT2D eigenvalue weighted by Crippen LogP contribution is -2.53. The van der Waals surface area contributed by atoms with Crippen molar-refractivity contribution in [3.05, 3.63) is 35.4 Å². The van der Waals surface area contributed by atoms with Gasteiger partial charge in [-0.3, -0.25) is 9.89 Å². The van der Waals surface area contributed by atoms with Crippen molar-refractivity contribution >= 4 is 12.1 Å². The molecule has 172 valence electrons. The van der Waals surface area contributed by atoms with Gasteiger partial charge in [0.05, 0.1) is 6.61 Å². The summed E-state index contributed by atoms with van der Waals surface area (Å²) in [5.74, 6) is 0.876. The number of amides is 1. The minimum absolute atomic E-state index is 0.225. The predicted molar refractivity (Wildman–Crippen MR) is 124 cm³/mol. The molecule has 1 aromatic carbocycles. The van der Waals surface area contributed by atoms with Crippen LogP contribution >= 0.6 is 0 Å². The Hall–Kier alpha value is -2.32. The largest absolute Gasteiger partial charge is 0.450 e. The molecule has 2 aliphatic rings. The third-order valence-electron chi connectivity index (χ3n) is 6.11. The summed E-state index contributed by atoms with van der Waals surface area (Å²) in [6.07, 6.45) is -0.225. The van der Waals surface area contributed by atoms with Crippen LogP contribution < -0.4 is 5.32 Å². The van der Waals surface area contributed by atoms with E-state index in [0.29, 0.717) is 19.7 Å². The van der Waals surface area contributed by atoms with E-state index in [0.717, 1.165) is 51.8 Å². The lowest BCUT2D eigenvalue weighted by molar-refractivity contribution is 0.0914. The molecule has 2 aliphatic heterocycles. The molecule has 0 aliphatic carbocycles. The second-order valence-electron chi connectivity index (χ2n) is 8.10. The Bertz CT molecular complexity index is 707. The zero-order chi connectivity index (χ0) is 22.1. The molecular weight excluding hydrogens is 392 g/mol. The minimum atomic E-state index is -0.225. The number of ether oxygens (including phenoxy) is 1. The van der Waals surface area contributed by atoms with Gasteiger partial charge in [-0.05, 0) is 24.6 Å². The molecule has 31 heavy (non-hydrogen) atoms. The van der Waals surface area contributed by atoms with Gasteiger partial charge in [-0.15, -0.1) is 0 Å². The van der Waals surface area contributed by atoms with Crippen LogP contribution in [0.1, 0.15) is 25.0 Å². The quantitative estimate of drug-likeness (QED) is 0.547. The van der Waals surface area contributed by atoms with Crippen LogP contribution in [0.15, 0.2) is 29.3 Å². The number of nitrogens with one attached hydrogen (secondary N) is 1. The number of benzene rings is 1. The van der Waals surface area contributed by atoms with Gasteiger partial charge in [0.2, 0.25) is 0 Å². The van der Waals surface area contributed by atoms with Crippen molar-refractivity contribution in [2.24, 2.45) is 4.99 Å². The Balaban J connectivity index is 1.42. The molecule has 1 N–H and O–H groups in total. The summed E-state index contributed by atoms with van der Waals surface area (Å²) < 4.78 is 5.09. The lowest BCUT2D eigenvalue weighted by atomic mass is 10.1. The molecule has 0 aromatic heterocycles. The van der Waals surface area contributed by atoms with Gasteiger partial charge in [0, 0.05) is 72.5 Å². The maximum Gasteiger partial charge on any atom is 0.409 e. The average molecular weight is 431 g/mol. The van der Waals surface area contributed by atoms with Crippen LogP contribution in [0.25, 0.3) is 0 Å². The highest BCUT2D eigenvalue weighted by atomic mass is 16.6. The van der Waals surface area contributed by atoms with E-state index in [1.54, 1.807) is 11.9 Å². The fraction of sp³-hybridized carbons (Fsp3) is 0.652. The molecule has 2 fully saturated rings. The number of aliphatic imine (C=N–C) groups is 1. The lowest BCUT2D eigenvalue weighted by Gasteiger charge is -2.35. The van der Waals surface area contributed by atoms with Gasteiger partial charge in [0.25, 0.3) is 0 Å². The first-order valence-corrected chi connectivity index (χ1v) is 11.5. The molecule has 3 rings (SSSR count). The van der Waals surface area contributed by atoms with E-state index < -0.39 is 0 Å². The minimum Gasteiger partial charge on any atom is -0.450 e. The van der Waals surface area contributed by atoms with E-state index >= 15 is 0 Å². The Morgan fingerprint density at radius 3 is 2.06 bits per heavy atom. The first-order valence-electron chi connectivity index (χ1n) is 11.5. The second kappa shape index (κ2) is 11.9. The van der Waals surface area contributed by atoms with Crippen LogP contribution in [0, 0.1) is 0 Å². The fourth-order valence-corrected chi connectivity index (χ4v) is 4.11. The summed E-state index contributed by atoms with van der Waals surface area (Å²) >= 11 is 0. The van der Waals surface area contributed by atoms with Crippen LogP contribution in [0.4, 0.5) is 4.79 Å². The maximum atomic E-state index is 11.9. The number of hydrogen-bond acceptors (Lipinski definition) is 5. The number of nitrogens with zero attached hydrogens (tertiary/aromatic N) is 5. The average Bonchev–Trinajstić information content (AvgIpc) is 2.81. The Morgan fingerprint density at radius 1 is 0.903 bits per heavy atom. The molecule has 8 heteroatoms. The molecule has 2 saturated heterocycles. The summed E-state index contributed by atoms with van der Waals surface area (Å²) in [5.41, 5.74) is 2.61. The van der Waals surface area contributed by atoms with E-state index in [1.165, 1.54) is 24.2 Å². The molecule has 0 radical (unpaired) electrons. The molecule has 1 aromatic rings. The first kappa shape index (κ1) is 23.3. The molecule has 0 spiro atoms. The highest BCUT2D eigenvalue weighted by Gasteiger charge is 2.23. The number of likely N-dealkylation sites (N-methyl/N-ethyl adjacent to an activating group) is 1. The van der Waals surface area contributed by atoms with Gasteiger partial charge >= 0.3 is 6.09 Å². The zero-order valence-corrected chi connectivity index (χ0v) is 19.3. The van der Waals surface area contributed by atoms with Crippen molar-refractivity contribution in [3.8, 4) is 0 Å². The zero-order valence-electron chi connectivity index (χ0n) is 19.3. The standard InChI is InChI=1S/C23H38N6O2/c1-4-26-10-12-27(13-11-26)19-21-8-6-20(7-9-21)18-25-22(24-3)28-14-16-29(17-15-28)23(30)31-5-2/h6-9H,4-5,10-19H2,1-3H3,(H,24,25). The fourth-order valence-electron chi connectivity index (χ4n) is 4.11. The van der Waals surface area contributed by atoms with Crippen LogP contribution in [0.3, 0.4) is 0 Å². The highest BCUT2D eigenvalue weighted by Crippen LogP contribution is 2.11. The smallest absolute Gasteiger partial charge is 0.409 e. The summed E-state index contributed by atoms with van der Waals surface area (Å²) in [6, 6.07) is 8.89. The number of rotatable bonds is 6. The second-order valence-corrected chi connectivity index (χ2v) is 8.10. The third kappa shape index (κ3) is 6.83. The molecule has 1 amide bonds. The van der Waals surface area contributed by atoms with Crippen LogP contribution in [0.2, 0.25) is 0 Å². The van der Waals surface area contributed by atoms with Crippen molar-refractivity contribution in [3.63, 3.8) is 0 Å². The van der Waals surface area contributed by atoms with Crippen molar-refractivity contribution in [1.82, 2.24) is 24.9 Å². The number of carbonyl (C=O) groups is 1. The van der Waals surface area contributed by atoms with Gasteiger partial charge < -0.3 is 24.8 Å². The van der Waals surface area contributed by atoms with E-state index in [2.05, 4.69) is 56.2 Å². The van der Waals surface area contributed by atoms with Crippen molar-refractivity contribution in [1.29, 1.82) is 0 Å². The van der Waals surface area contributed by atoms with Crippen molar-refractivity contribution in [2.45, 2.75) is 26.9 Å². The number of piperazine rings is 2. The molecule has 8 nitrogen and oxygen atoms in total. The summed E-state index contributed by atoms with van der Waals surface area (Å²) in [7, 11) is 1.81. The van der Waals surface area contributed by atoms with Crippen LogP contribution in [-0.4, -0.2) is 104 Å². The van der Waals surface area contributed by atoms with E-state index in [4.69, 9.17) is 4.74 Å². The van der Waals surface area contributed by atoms with Gasteiger partial charge in [0.1, 0.15) is 0 Å². The van der Waals surface area contributed by atoms with Gasteiger partial charge in [-0.1, -0.05) is 31.2 Å². The molecular formula is C23H38N6O2. The number of guanidine groups is 1. The molecule has 0 saturated carbocycles. The SMILES string of the molecule is CCOC(=O)N1CCN(C(=NC)NCc2ccc(CN3CCN(CC)CC3)cc2)CC1. The Labute approximate surface area is 186 Å². The van der Waals surface area contributed by atoms with E-state index in [1.807, 2.05) is 6.92 Å². The van der Waals surface area contributed by atoms with Crippen molar-refractivity contribution in [2.75, 3.05) is 72.6 Å². The molecule has 0 bridgehead atoms. The van der Waals surface area contributed by atoms with Crippen molar-refractivity contribution < 1.29 is 9.53 Å². The summed E-state index contributed by atoms with van der Waals surface area (Å²) in [6.45, 7) is 14.9. The number of carbonyl (C=O) groups excluding carboxylic acids is 1. The van der Waals surface area contributed by atoms with Gasteiger partial charge in [-0.25, -0.2) is 4.79 Å². The normalized spacial score (nSPS) is 18.9. The Kier molecular flexibility index (Phi) is 8.97. The summed E-state index contributed by atoms with van der Waals surface area (Å²) in [5, 5.41) is 3.46. The monoisotopic (exact) mass is 430 g/mol. The summed E-state index contributed by atoms with van der Waals surface area (Å²) in [4.78, 5) is 25.3. The van der Waals surface area contributed by atoms with E-state index in [-0.39, 0.29) is 6.09 Å². The molecule has 2 heterocycles. The molecule has 0 unspecified atom stereocenters. The topological polar surface area (TPSA) is 63.7 Å².